The lowest BCUT2D eigenvalue weighted by Gasteiger charge is -2.15. The Balaban J connectivity index is 3.11. The molecule has 0 N–H and O–H groups in total. The van der Waals surface area contributed by atoms with E-state index in [-0.39, 0.29) is 11.8 Å². The van der Waals surface area contributed by atoms with Gasteiger partial charge in [0.2, 0.25) is 5.91 Å². The summed E-state index contributed by atoms with van der Waals surface area (Å²) in [5.74, 6) is 0.00814. The molecule has 0 saturated heterocycles. The summed E-state index contributed by atoms with van der Waals surface area (Å²) in [6, 6.07) is 0. The molecule has 0 heterocycles. The Morgan fingerprint density at radius 2 is 1.43 bits per heavy atom. The standard InChI is InChI=1S/C17H34ClNO2/c1-3-4-5-6-7-8-9-10-11-12-14-21-15-13-19(2)17(20)16-18/h3-16H2,1-2H3. The predicted octanol–water partition coefficient (Wildman–Crippen LogP) is 4.62. The minimum absolute atomic E-state index is 0.0424. The number of hydrogen-bond acceptors (Lipinski definition) is 2. The van der Waals surface area contributed by atoms with Gasteiger partial charge in [-0.3, -0.25) is 4.79 Å². The van der Waals surface area contributed by atoms with Crippen molar-refractivity contribution in [2.75, 3.05) is 32.7 Å². The van der Waals surface area contributed by atoms with Gasteiger partial charge in [0.05, 0.1) is 6.61 Å². The highest BCUT2D eigenvalue weighted by Gasteiger charge is 2.05. The van der Waals surface area contributed by atoms with Crippen LogP contribution < -0.4 is 0 Å². The van der Waals surface area contributed by atoms with Crippen LogP contribution in [0, 0.1) is 0 Å². The topological polar surface area (TPSA) is 29.5 Å². The van der Waals surface area contributed by atoms with Crippen molar-refractivity contribution < 1.29 is 9.53 Å². The van der Waals surface area contributed by atoms with Crippen LogP contribution in [0.15, 0.2) is 0 Å². The van der Waals surface area contributed by atoms with Gasteiger partial charge in [0.15, 0.2) is 0 Å². The van der Waals surface area contributed by atoms with Crippen LogP contribution in [0.4, 0.5) is 0 Å². The smallest absolute Gasteiger partial charge is 0.237 e. The Kier molecular flexibility index (Phi) is 15.9. The highest BCUT2D eigenvalue weighted by molar-refractivity contribution is 6.27. The van der Waals surface area contributed by atoms with E-state index in [2.05, 4.69) is 6.92 Å². The predicted molar refractivity (Wildman–Crippen MR) is 91.0 cm³/mol. The second-order valence-electron chi connectivity index (χ2n) is 5.74. The van der Waals surface area contributed by atoms with Crippen LogP contribution in [-0.2, 0) is 9.53 Å². The Labute approximate surface area is 136 Å². The molecule has 126 valence electrons. The van der Waals surface area contributed by atoms with Crippen LogP contribution in [-0.4, -0.2) is 43.5 Å². The molecule has 0 aromatic rings. The fourth-order valence-corrected chi connectivity index (χ4v) is 2.43. The zero-order valence-electron chi connectivity index (χ0n) is 14.0. The summed E-state index contributed by atoms with van der Waals surface area (Å²) in [5.41, 5.74) is 0. The van der Waals surface area contributed by atoms with Crippen molar-refractivity contribution in [2.45, 2.75) is 71.1 Å². The highest BCUT2D eigenvalue weighted by atomic mass is 35.5. The normalized spacial score (nSPS) is 10.8. The molecule has 0 atom stereocenters. The average molecular weight is 320 g/mol. The first-order valence-electron chi connectivity index (χ1n) is 8.60. The fourth-order valence-electron chi connectivity index (χ4n) is 2.22. The molecular weight excluding hydrogens is 286 g/mol. The molecule has 4 heteroatoms. The quantitative estimate of drug-likeness (QED) is 0.325. The number of halogens is 1. The van der Waals surface area contributed by atoms with Gasteiger partial charge in [-0.1, -0.05) is 64.7 Å². The van der Waals surface area contributed by atoms with Crippen LogP contribution in [0.1, 0.15) is 71.1 Å². The number of rotatable bonds is 15. The van der Waals surface area contributed by atoms with Gasteiger partial charge in [0.25, 0.3) is 0 Å². The van der Waals surface area contributed by atoms with Crippen LogP contribution in [0.2, 0.25) is 0 Å². The number of ether oxygens (including phenoxy) is 1. The third kappa shape index (κ3) is 14.4. The van der Waals surface area contributed by atoms with Crippen molar-refractivity contribution in [2.24, 2.45) is 0 Å². The molecule has 0 unspecified atom stereocenters. The molecule has 0 spiro atoms. The number of unbranched alkanes of at least 4 members (excludes halogenated alkanes) is 9. The number of amides is 1. The Hall–Kier alpha value is -0.280. The minimum atomic E-state index is -0.0424. The molecule has 0 radical (unpaired) electrons. The van der Waals surface area contributed by atoms with E-state index in [1.54, 1.807) is 11.9 Å². The number of carbonyl (C=O) groups is 1. The molecule has 0 saturated carbocycles. The average Bonchev–Trinajstić information content (AvgIpc) is 2.50. The third-order valence-electron chi connectivity index (χ3n) is 3.75. The molecule has 0 fully saturated rings. The highest BCUT2D eigenvalue weighted by Crippen LogP contribution is 2.10. The van der Waals surface area contributed by atoms with Gasteiger partial charge in [-0.05, 0) is 6.42 Å². The molecule has 0 bridgehead atoms. The number of hydrogen-bond donors (Lipinski definition) is 0. The maximum Gasteiger partial charge on any atom is 0.237 e. The van der Waals surface area contributed by atoms with Gasteiger partial charge in [-0.2, -0.15) is 0 Å². The van der Waals surface area contributed by atoms with Gasteiger partial charge in [0.1, 0.15) is 5.88 Å². The van der Waals surface area contributed by atoms with E-state index in [1.165, 1.54) is 57.8 Å². The van der Waals surface area contributed by atoms with Crippen LogP contribution in [0.5, 0.6) is 0 Å². The van der Waals surface area contributed by atoms with E-state index >= 15 is 0 Å². The lowest BCUT2D eigenvalue weighted by atomic mass is 10.1. The first-order valence-corrected chi connectivity index (χ1v) is 9.13. The van der Waals surface area contributed by atoms with E-state index in [0.717, 1.165) is 13.0 Å². The SMILES string of the molecule is CCCCCCCCCCCCOCCN(C)C(=O)CCl. The maximum atomic E-state index is 11.2. The van der Waals surface area contributed by atoms with E-state index < -0.39 is 0 Å². The summed E-state index contributed by atoms with van der Waals surface area (Å²) in [5, 5.41) is 0. The summed E-state index contributed by atoms with van der Waals surface area (Å²) >= 11 is 5.47. The van der Waals surface area contributed by atoms with E-state index in [4.69, 9.17) is 16.3 Å². The second kappa shape index (κ2) is 16.1. The lowest BCUT2D eigenvalue weighted by molar-refractivity contribution is -0.127. The van der Waals surface area contributed by atoms with Crippen molar-refractivity contribution >= 4 is 17.5 Å². The van der Waals surface area contributed by atoms with Gasteiger partial charge in [0, 0.05) is 20.2 Å². The molecule has 0 aromatic heterocycles. The lowest BCUT2D eigenvalue weighted by Crippen LogP contribution is -2.31. The summed E-state index contributed by atoms with van der Waals surface area (Å²) in [4.78, 5) is 12.8. The van der Waals surface area contributed by atoms with Crippen molar-refractivity contribution in [3.63, 3.8) is 0 Å². The van der Waals surface area contributed by atoms with Crippen molar-refractivity contribution in [1.82, 2.24) is 4.90 Å². The van der Waals surface area contributed by atoms with Crippen LogP contribution in [0.25, 0.3) is 0 Å². The second-order valence-corrected chi connectivity index (χ2v) is 6.01. The number of likely N-dealkylation sites (N-methyl/N-ethyl adjacent to an activating group) is 1. The fraction of sp³-hybridized carbons (Fsp3) is 0.941. The van der Waals surface area contributed by atoms with Crippen LogP contribution >= 0.6 is 11.6 Å². The van der Waals surface area contributed by atoms with E-state index in [9.17, 15) is 4.79 Å². The molecule has 3 nitrogen and oxygen atoms in total. The molecule has 1 amide bonds. The first-order chi connectivity index (χ1) is 10.2. The summed E-state index contributed by atoms with van der Waals surface area (Å²) in [7, 11) is 1.76. The number of nitrogens with zero attached hydrogens (tertiary/aromatic N) is 1. The molecular formula is C17H34ClNO2. The van der Waals surface area contributed by atoms with Crippen LogP contribution in [0.3, 0.4) is 0 Å². The third-order valence-corrected chi connectivity index (χ3v) is 3.98. The molecule has 0 rings (SSSR count). The summed E-state index contributed by atoms with van der Waals surface area (Å²) < 4.78 is 5.53. The Morgan fingerprint density at radius 3 is 1.95 bits per heavy atom. The largest absolute Gasteiger partial charge is 0.380 e. The minimum Gasteiger partial charge on any atom is -0.380 e. The summed E-state index contributed by atoms with van der Waals surface area (Å²) in [6.07, 6.45) is 13.4. The zero-order valence-corrected chi connectivity index (χ0v) is 14.8. The molecule has 21 heavy (non-hydrogen) atoms. The molecule has 0 aliphatic heterocycles. The van der Waals surface area contributed by atoms with Gasteiger partial charge >= 0.3 is 0 Å². The molecule has 0 aromatic carbocycles. The van der Waals surface area contributed by atoms with Gasteiger partial charge in [-0.15, -0.1) is 11.6 Å². The number of carbonyl (C=O) groups excluding carboxylic acids is 1. The number of alkyl halides is 1. The van der Waals surface area contributed by atoms with Crippen molar-refractivity contribution in [3.8, 4) is 0 Å². The van der Waals surface area contributed by atoms with Gasteiger partial charge < -0.3 is 9.64 Å². The summed E-state index contributed by atoms with van der Waals surface area (Å²) in [6.45, 7) is 4.30. The molecule has 0 aliphatic carbocycles. The Morgan fingerprint density at radius 1 is 0.905 bits per heavy atom. The monoisotopic (exact) mass is 319 g/mol. The maximum absolute atomic E-state index is 11.2. The van der Waals surface area contributed by atoms with Crippen molar-refractivity contribution in [3.05, 3.63) is 0 Å². The first kappa shape index (κ1) is 20.7. The van der Waals surface area contributed by atoms with E-state index in [1.807, 2.05) is 0 Å². The van der Waals surface area contributed by atoms with Crippen molar-refractivity contribution in [1.29, 1.82) is 0 Å². The van der Waals surface area contributed by atoms with Gasteiger partial charge in [-0.25, -0.2) is 0 Å². The van der Waals surface area contributed by atoms with E-state index in [0.29, 0.717) is 13.2 Å². The Bertz CT molecular complexity index is 237. The molecule has 0 aliphatic rings. The zero-order chi connectivity index (χ0) is 15.8.